The minimum atomic E-state index is 0.478. The zero-order chi connectivity index (χ0) is 12.2. The summed E-state index contributed by atoms with van der Waals surface area (Å²) in [5, 5.41) is 1.45. The maximum Gasteiger partial charge on any atom is 0.0989 e. The fraction of sp³-hybridized carbons (Fsp3) is 0.800. The molecule has 0 saturated heterocycles. The third kappa shape index (κ3) is 1.67. The van der Waals surface area contributed by atoms with E-state index in [1.807, 2.05) is 11.3 Å². The molecule has 1 heterocycles. The Labute approximate surface area is 113 Å². The van der Waals surface area contributed by atoms with Crippen molar-refractivity contribution in [2.24, 2.45) is 23.5 Å². The summed E-state index contributed by atoms with van der Waals surface area (Å²) in [6.45, 7) is 0.752. The number of thiazole rings is 1. The number of aromatic nitrogens is 1. The van der Waals surface area contributed by atoms with Crippen molar-refractivity contribution in [2.75, 3.05) is 6.54 Å². The Balaban J connectivity index is 1.66. The number of nitrogens with two attached hydrogens (primary N) is 1. The molecule has 0 amide bonds. The van der Waals surface area contributed by atoms with Gasteiger partial charge in [0.15, 0.2) is 0 Å². The monoisotopic (exact) mass is 262 g/mol. The van der Waals surface area contributed by atoms with Crippen molar-refractivity contribution in [1.82, 2.24) is 4.98 Å². The van der Waals surface area contributed by atoms with Gasteiger partial charge in [0.2, 0.25) is 0 Å². The van der Waals surface area contributed by atoms with Crippen molar-refractivity contribution in [3.8, 4) is 0 Å². The van der Waals surface area contributed by atoms with Crippen LogP contribution in [0.4, 0.5) is 0 Å². The number of nitrogens with zero attached hydrogens (tertiary/aromatic N) is 1. The lowest BCUT2D eigenvalue weighted by Crippen LogP contribution is -2.48. The minimum absolute atomic E-state index is 0.478. The average molecular weight is 262 g/mol. The molecule has 0 aliphatic heterocycles. The fourth-order valence-corrected chi connectivity index (χ4v) is 6.33. The Morgan fingerprint density at radius 2 is 1.78 bits per heavy atom. The maximum absolute atomic E-state index is 5.65. The van der Waals surface area contributed by atoms with E-state index < -0.39 is 0 Å². The van der Waals surface area contributed by atoms with Gasteiger partial charge in [0.05, 0.1) is 5.01 Å². The largest absolute Gasteiger partial charge is 0.330 e. The molecule has 0 aromatic carbocycles. The summed E-state index contributed by atoms with van der Waals surface area (Å²) in [6, 6.07) is 0. The van der Waals surface area contributed by atoms with Crippen LogP contribution in [0.3, 0.4) is 0 Å². The lowest BCUT2D eigenvalue weighted by atomic mass is 9.50. The zero-order valence-corrected chi connectivity index (χ0v) is 11.7. The Kier molecular flexibility index (Phi) is 2.56. The summed E-state index contributed by atoms with van der Waals surface area (Å²) in [5.41, 5.74) is 6.13. The summed E-state index contributed by atoms with van der Waals surface area (Å²) in [6.07, 6.45) is 11.9. The highest BCUT2D eigenvalue weighted by Crippen LogP contribution is 2.61. The predicted octanol–water partition coefficient (Wildman–Crippen LogP) is 3.11. The first-order valence-electron chi connectivity index (χ1n) is 7.43. The van der Waals surface area contributed by atoms with E-state index in [4.69, 9.17) is 10.7 Å². The first-order chi connectivity index (χ1) is 8.77. The van der Waals surface area contributed by atoms with Crippen LogP contribution < -0.4 is 5.73 Å². The van der Waals surface area contributed by atoms with Gasteiger partial charge in [-0.2, -0.15) is 0 Å². The molecular formula is C15H22N2S. The van der Waals surface area contributed by atoms with Gasteiger partial charge >= 0.3 is 0 Å². The maximum atomic E-state index is 5.65. The van der Waals surface area contributed by atoms with Gasteiger partial charge in [-0.05, 0) is 69.2 Å². The van der Waals surface area contributed by atoms with Gasteiger partial charge in [-0.1, -0.05) is 0 Å². The highest BCUT2D eigenvalue weighted by atomic mass is 32.1. The molecule has 0 radical (unpaired) electrons. The van der Waals surface area contributed by atoms with Crippen molar-refractivity contribution in [1.29, 1.82) is 0 Å². The van der Waals surface area contributed by atoms with Crippen LogP contribution in [0, 0.1) is 17.8 Å². The second-order valence-corrected chi connectivity index (χ2v) is 7.98. The van der Waals surface area contributed by atoms with Gasteiger partial charge in [-0.15, -0.1) is 11.3 Å². The number of hydrogen-bond donors (Lipinski definition) is 1. The molecule has 4 fully saturated rings. The molecule has 4 aliphatic rings. The predicted molar refractivity (Wildman–Crippen MR) is 74.7 cm³/mol. The molecule has 98 valence electrons. The molecule has 4 saturated carbocycles. The van der Waals surface area contributed by atoms with Crippen molar-refractivity contribution in [3.05, 3.63) is 16.1 Å². The Morgan fingerprint density at radius 3 is 2.33 bits per heavy atom. The Bertz CT molecular complexity index is 416. The first-order valence-corrected chi connectivity index (χ1v) is 8.24. The summed E-state index contributed by atoms with van der Waals surface area (Å²) >= 11 is 1.95. The van der Waals surface area contributed by atoms with Crippen LogP contribution in [0.15, 0.2) is 6.20 Å². The average Bonchev–Trinajstić information content (AvgIpc) is 2.77. The highest BCUT2D eigenvalue weighted by molar-refractivity contribution is 7.11. The zero-order valence-electron chi connectivity index (χ0n) is 10.9. The van der Waals surface area contributed by atoms with Gasteiger partial charge in [-0.25, -0.2) is 4.98 Å². The molecular weight excluding hydrogens is 240 g/mol. The number of rotatable bonds is 3. The SMILES string of the molecule is NCCc1cnc(C23CC4CC(CC(C4)C2)C3)s1. The van der Waals surface area contributed by atoms with Gasteiger partial charge < -0.3 is 5.73 Å². The van der Waals surface area contributed by atoms with Crippen LogP contribution in [0.5, 0.6) is 0 Å². The summed E-state index contributed by atoms with van der Waals surface area (Å²) in [4.78, 5) is 6.18. The molecule has 1 aromatic heterocycles. The molecule has 3 heteroatoms. The van der Waals surface area contributed by atoms with Gasteiger partial charge in [-0.3, -0.25) is 0 Å². The van der Waals surface area contributed by atoms with Crippen molar-refractivity contribution in [3.63, 3.8) is 0 Å². The van der Waals surface area contributed by atoms with Gasteiger partial charge in [0, 0.05) is 16.5 Å². The van der Waals surface area contributed by atoms with E-state index in [1.54, 1.807) is 0 Å². The molecule has 0 unspecified atom stereocenters. The van der Waals surface area contributed by atoms with E-state index >= 15 is 0 Å². The fourth-order valence-electron chi connectivity index (χ4n) is 5.18. The van der Waals surface area contributed by atoms with Gasteiger partial charge in [0.1, 0.15) is 0 Å². The smallest absolute Gasteiger partial charge is 0.0989 e. The van der Waals surface area contributed by atoms with Crippen LogP contribution in [-0.2, 0) is 11.8 Å². The van der Waals surface area contributed by atoms with Crippen LogP contribution in [0.25, 0.3) is 0 Å². The third-order valence-corrected chi connectivity index (χ3v) is 6.74. The van der Waals surface area contributed by atoms with E-state index in [0.29, 0.717) is 5.41 Å². The molecule has 1 aromatic rings. The van der Waals surface area contributed by atoms with E-state index in [0.717, 1.165) is 30.7 Å². The lowest BCUT2D eigenvalue weighted by molar-refractivity contribution is -0.00527. The second kappa shape index (κ2) is 4.04. The summed E-state index contributed by atoms with van der Waals surface area (Å²) < 4.78 is 0. The van der Waals surface area contributed by atoms with E-state index in [-0.39, 0.29) is 0 Å². The molecule has 2 N–H and O–H groups in total. The van der Waals surface area contributed by atoms with Crippen molar-refractivity contribution >= 4 is 11.3 Å². The Hall–Kier alpha value is -0.410. The van der Waals surface area contributed by atoms with Crippen LogP contribution in [-0.4, -0.2) is 11.5 Å². The summed E-state index contributed by atoms with van der Waals surface area (Å²) in [5.74, 6) is 3.04. The second-order valence-electron chi connectivity index (χ2n) is 6.87. The quantitative estimate of drug-likeness (QED) is 0.909. The Morgan fingerprint density at radius 1 is 1.17 bits per heavy atom. The van der Waals surface area contributed by atoms with E-state index in [9.17, 15) is 0 Å². The topological polar surface area (TPSA) is 38.9 Å². The minimum Gasteiger partial charge on any atom is -0.330 e. The molecule has 5 rings (SSSR count). The van der Waals surface area contributed by atoms with Crippen LogP contribution in [0.1, 0.15) is 48.4 Å². The molecule has 4 aliphatic carbocycles. The first kappa shape index (κ1) is 11.4. The van der Waals surface area contributed by atoms with E-state index in [2.05, 4.69) is 6.20 Å². The van der Waals surface area contributed by atoms with Crippen LogP contribution in [0.2, 0.25) is 0 Å². The highest BCUT2D eigenvalue weighted by Gasteiger charge is 2.52. The molecule has 0 spiro atoms. The normalized spacial score (nSPS) is 41.5. The van der Waals surface area contributed by atoms with E-state index in [1.165, 1.54) is 48.4 Å². The van der Waals surface area contributed by atoms with Gasteiger partial charge in [0.25, 0.3) is 0 Å². The molecule has 18 heavy (non-hydrogen) atoms. The lowest BCUT2D eigenvalue weighted by Gasteiger charge is -2.56. The van der Waals surface area contributed by atoms with Crippen LogP contribution >= 0.6 is 11.3 Å². The molecule has 2 nitrogen and oxygen atoms in total. The van der Waals surface area contributed by atoms with Crippen molar-refractivity contribution in [2.45, 2.75) is 50.4 Å². The molecule has 4 bridgehead atoms. The molecule has 0 atom stereocenters. The standard InChI is InChI=1S/C15H22N2S/c16-2-1-13-9-17-14(18-13)15-6-10-3-11(7-15)5-12(4-10)8-15/h9-12H,1-8,16H2. The van der Waals surface area contributed by atoms with Crippen molar-refractivity contribution < 1.29 is 0 Å². The number of hydrogen-bond acceptors (Lipinski definition) is 3. The summed E-state index contributed by atoms with van der Waals surface area (Å²) in [7, 11) is 0. The third-order valence-electron chi connectivity index (χ3n) is 5.44.